The molecule has 1 saturated heterocycles. The number of urea groups is 1. The van der Waals surface area contributed by atoms with Gasteiger partial charge in [-0.25, -0.2) is 4.79 Å². The Morgan fingerprint density at radius 1 is 0.853 bits per heavy atom. The molecule has 3 aromatic rings. The van der Waals surface area contributed by atoms with E-state index in [1.807, 2.05) is 97.9 Å². The molecule has 3 amide bonds. The fourth-order valence-corrected chi connectivity index (χ4v) is 4.57. The van der Waals surface area contributed by atoms with Gasteiger partial charge in [-0.1, -0.05) is 91.0 Å². The second-order valence-electron chi connectivity index (χ2n) is 8.74. The topological polar surface area (TPSA) is 64.1 Å². The summed E-state index contributed by atoms with van der Waals surface area (Å²) in [4.78, 5) is 32.4. The van der Waals surface area contributed by atoms with Crippen LogP contribution in [0.4, 0.5) is 4.79 Å². The van der Waals surface area contributed by atoms with Gasteiger partial charge in [0.2, 0.25) is 5.91 Å². The number of hydrogen-bond donors (Lipinski definition) is 1. The number of nitrogens with zero attached hydrogens (tertiary/aromatic N) is 3. The fourth-order valence-electron chi connectivity index (χ4n) is 4.57. The van der Waals surface area contributed by atoms with Gasteiger partial charge in [0.1, 0.15) is 6.04 Å². The lowest BCUT2D eigenvalue weighted by Gasteiger charge is -2.33. The SMILES string of the molecule is C[C@@H](c1ccccc1)N(C)C(=O)C1C(CO)N(Cc2ccccc2)C(=O)N1Cc1ccccc1. The van der Waals surface area contributed by atoms with Crippen molar-refractivity contribution in [3.63, 3.8) is 0 Å². The summed E-state index contributed by atoms with van der Waals surface area (Å²) < 4.78 is 0. The molecule has 1 aliphatic rings. The Kier molecular flexibility index (Phi) is 7.28. The lowest BCUT2D eigenvalue weighted by Crippen LogP contribution is -2.51. The van der Waals surface area contributed by atoms with Crippen LogP contribution in [0, 0.1) is 0 Å². The molecule has 1 N–H and O–H groups in total. The maximum absolute atomic E-state index is 13.9. The zero-order valence-corrected chi connectivity index (χ0v) is 19.6. The van der Waals surface area contributed by atoms with Gasteiger partial charge >= 0.3 is 6.03 Å². The maximum atomic E-state index is 13.9. The molecule has 0 bridgehead atoms. The Bertz CT molecular complexity index is 1090. The van der Waals surface area contributed by atoms with E-state index in [9.17, 15) is 14.7 Å². The second-order valence-corrected chi connectivity index (χ2v) is 8.74. The van der Waals surface area contributed by atoms with Crippen molar-refractivity contribution in [3.8, 4) is 0 Å². The molecular weight excluding hydrogens is 426 g/mol. The Balaban J connectivity index is 1.66. The van der Waals surface area contributed by atoms with Crippen molar-refractivity contribution in [1.29, 1.82) is 0 Å². The van der Waals surface area contributed by atoms with Gasteiger partial charge in [-0.2, -0.15) is 0 Å². The van der Waals surface area contributed by atoms with E-state index >= 15 is 0 Å². The van der Waals surface area contributed by atoms with Gasteiger partial charge in [0.15, 0.2) is 0 Å². The zero-order valence-electron chi connectivity index (χ0n) is 19.6. The van der Waals surface area contributed by atoms with Crippen LogP contribution in [0.3, 0.4) is 0 Å². The zero-order chi connectivity index (χ0) is 24.1. The maximum Gasteiger partial charge on any atom is 0.321 e. The highest BCUT2D eigenvalue weighted by Crippen LogP contribution is 2.30. The molecule has 0 radical (unpaired) electrons. The minimum Gasteiger partial charge on any atom is -0.394 e. The highest BCUT2D eigenvalue weighted by Gasteiger charge is 2.50. The van der Waals surface area contributed by atoms with E-state index in [2.05, 4.69) is 0 Å². The van der Waals surface area contributed by atoms with E-state index in [4.69, 9.17) is 0 Å². The highest BCUT2D eigenvalue weighted by molar-refractivity contribution is 5.91. The molecule has 6 nitrogen and oxygen atoms in total. The first-order valence-electron chi connectivity index (χ1n) is 11.6. The number of likely N-dealkylation sites (N-methyl/N-ethyl adjacent to an activating group) is 1. The van der Waals surface area contributed by atoms with Crippen LogP contribution >= 0.6 is 0 Å². The van der Waals surface area contributed by atoms with Gasteiger partial charge in [-0.3, -0.25) is 4.79 Å². The molecule has 176 valence electrons. The average molecular weight is 458 g/mol. The van der Waals surface area contributed by atoms with E-state index in [0.717, 1.165) is 16.7 Å². The Hall–Kier alpha value is -3.64. The van der Waals surface area contributed by atoms with Crippen molar-refractivity contribution in [2.24, 2.45) is 0 Å². The van der Waals surface area contributed by atoms with Crippen molar-refractivity contribution < 1.29 is 14.7 Å². The monoisotopic (exact) mass is 457 g/mol. The summed E-state index contributed by atoms with van der Waals surface area (Å²) in [6.45, 7) is 2.30. The summed E-state index contributed by atoms with van der Waals surface area (Å²) in [6, 6.07) is 27.3. The molecule has 0 spiro atoms. The quantitative estimate of drug-likeness (QED) is 0.555. The third-order valence-corrected chi connectivity index (χ3v) is 6.63. The molecule has 3 aromatic carbocycles. The van der Waals surface area contributed by atoms with Gasteiger partial charge in [0, 0.05) is 20.1 Å². The lowest BCUT2D eigenvalue weighted by atomic mass is 10.0. The molecule has 6 heteroatoms. The average Bonchev–Trinajstić information content (AvgIpc) is 3.14. The molecule has 1 aliphatic heterocycles. The summed E-state index contributed by atoms with van der Waals surface area (Å²) in [7, 11) is 1.76. The Morgan fingerprint density at radius 3 is 1.82 bits per heavy atom. The summed E-state index contributed by atoms with van der Waals surface area (Å²) in [5.41, 5.74) is 2.90. The van der Waals surface area contributed by atoms with Crippen molar-refractivity contribution in [2.75, 3.05) is 13.7 Å². The summed E-state index contributed by atoms with van der Waals surface area (Å²) >= 11 is 0. The van der Waals surface area contributed by atoms with Crippen molar-refractivity contribution >= 4 is 11.9 Å². The molecule has 4 rings (SSSR count). The molecule has 3 atom stereocenters. The minimum absolute atomic E-state index is 0.176. The summed E-state index contributed by atoms with van der Waals surface area (Å²) in [6.07, 6.45) is 0. The van der Waals surface area contributed by atoms with Crippen LogP contribution in [-0.4, -0.2) is 57.5 Å². The number of hydrogen-bond acceptors (Lipinski definition) is 3. The van der Waals surface area contributed by atoms with Crippen LogP contribution in [0.1, 0.15) is 29.7 Å². The molecule has 2 unspecified atom stereocenters. The standard InChI is InChI=1S/C28H31N3O3/c1-21(24-16-10-5-11-17-24)29(2)27(33)26-25(20-32)30(18-22-12-6-3-7-13-22)28(34)31(26)19-23-14-8-4-9-15-23/h3-17,21,25-26,32H,18-20H2,1-2H3/t21-,25?,26?/m0/s1. The van der Waals surface area contributed by atoms with Crippen LogP contribution in [0.2, 0.25) is 0 Å². The number of rotatable bonds is 8. The van der Waals surface area contributed by atoms with E-state index in [-0.39, 0.29) is 24.6 Å². The van der Waals surface area contributed by atoms with Crippen LogP contribution < -0.4 is 0 Å². The second kappa shape index (κ2) is 10.5. The van der Waals surface area contributed by atoms with Gasteiger partial charge in [0.05, 0.1) is 18.7 Å². The van der Waals surface area contributed by atoms with Gasteiger partial charge in [-0.05, 0) is 23.6 Å². The number of benzene rings is 3. The highest BCUT2D eigenvalue weighted by atomic mass is 16.3. The molecule has 0 aromatic heterocycles. The number of carbonyl (C=O) groups is 2. The van der Waals surface area contributed by atoms with Crippen LogP contribution in [0.5, 0.6) is 0 Å². The van der Waals surface area contributed by atoms with Gasteiger partial charge in [-0.15, -0.1) is 0 Å². The van der Waals surface area contributed by atoms with Crippen LogP contribution in [0.15, 0.2) is 91.0 Å². The predicted octanol–water partition coefficient (Wildman–Crippen LogP) is 4.07. The van der Waals surface area contributed by atoms with E-state index in [0.29, 0.717) is 13.1 Å². The van der Waals surface area contributed by atoms with Crippen molar-refractivity contribution in [3.05, 3.63) is 108 Å². The number of carbonyl (C=O) groups excluding carboxylic acids is 2. The predicted molar refractivity (Wildman–Crippen MR) is 132 cm³/mol. The summed E-state index contributed by atoms with van der Waals surface area (Å²) in [5, 5.41) is 10.4. The Labute approximate surface area is 201 Å². The molecule has 1 heterocycles. The number of aliphatic hydroxyl groups excluding tert-OH is 1. The van der Waals surface area contributed by atoms with Crippen molar-refractivity contribution in [2.45, 2.75) is 38.1 Å². The number of aliphatic hydroxyl groups is 1. The third-order valence-electron chi connectivity index (χ3n) is 6.63. The molecule has 34 heavy (non-hydrogen) atoms. The van der Waals surface area contributed by atoms with Gasteiger partial charge < -0.3 is 19.8 Å². The van der Waals surface area contributed by atoms with Gasteiger partial charge in [0.25, 0.3) is 0 Å². The molecule has 0 aliphatic carbocycles. The first kappa shape index (κ1) is 23.5. The third kappa shape index (κ3) is 4.82. The normalized spacial score (nSPS) is 18.7. The molecular formula is C28H31N3O3. The Morgan fingerprint density at radius 2 is 1.32 bits per heavy atom. The van der Waals surface area contributed by atoms with E-state index in [1.54, 1.807) is 21.7 Å². The minimum atomic E-state index is -0.794. The van der Waals surface area contributed by atoms with Crippen LogP contribution in [0.25, 0.3) is 0 Å². The first-order chi connectivity index (χ1) is 16.5. The smallest absolute Gasteiger partial charge is 0.321 e. The van der Waals surface area contributed by atoms with E-state index in [1.165, 1.54) is 0 Å². The van der Waals surface area contributed by atoms with Crippen LogP contribution in [-0.2, 0) is 17.9 Å². The number of amides is 3. The largest absolute Gasteiger partial charge is 0.394 e. The summed E-state index contributed by atoms with van der Waals surface area (Å²) in [5.74, 6) is -0.185. The molecule has 0 saturated carbocycles. The molecule has 1 fully saturated rings. The van der Waals surface area contributed by atoms with Crippen molar-refractivity contribution in [1.82, 2.24) is 14.7 Å². The fraction of sp³-hybridized carbons (Fsp3) is 0.286. The van der Waals surface area contributed by atoms with E-state index < -0.39 is 12.1 Å². The lowest BCUT2D eigenvalue weighted by molar-refractivity contribution is -0.137. The first-order valence-corrected chi connectivity index (χ1v) is 11.6.